The standard InChI is InChI=1S/C16H20N4O5S.ClH/c1-24-12-5-9(4-10-7-19-16(18)20-15(10)17)6-13(25-2)14(12)11(21)8-26(3,22)23;/h5-7H,4,8H2,1-3H3,(H4,17,18,19,20);1H. The van der Waals surface area contributed by atoms with Crippen LogP contribution >= 0.6 is 12.4 Å². The van der Waals surface area contributed by atoms with Gasteiger partial charge < -0.3 is 20.9 Å². The van der Waals surface area contributed by atoms with Crippen LogP contribution < -0.4 is 20.9 Å². The average molecular weight is 417 g/mol. The fourth-order valence-electron chi connectivity index (χ4n) is 2.44. The van der Waals surface area contributed by atoms with Crippen molar-refractivity contribution in [2.24, 2.45) is 0 Å². The van der Waals surface area contributed by atoms with Gasteiger partial charge in [-0.05, 0) is 17.7 Å². The summed E-state index contributed by atoms with van der Waals surface area (Å²) in [6.45, 7) is 0. The van der Waals surface area contributed by atoms with E-state index in [2.05, 4.69) is 9.97 Å². The average Bonchev–Trinajstić information content (AvgIpc) is 2.54. The number of hydrogen-bond donors (Lipinski definition) is 2. The molecule has 0 saturated carbocycles. The van der Waals surface area contributed by atoms with Gasteiger partial charge in [0.05, 0.1) is 14.2 Å². The Morgan fingerprint density at radius 3 is 2.15 bits per heavy atom. The van der Waals surface area contributed by atoms with E-state index in [0.29, 0.717) is 12.0 Å². The number of aromatic nitrogens is 2. The van der Waals surface area contributed by atoms with Crippen LogP contribution in [-0.4, -0.2) is 50.4 Å². The van der Waals surface area contributed by atoms with Crippen molar-refractivity contribution in [1.82, 2.24) is 9.97 Å². The third-order valence-corrected chi connectivity index (χ3v) is 4.34. The van der Waals surface area contributed by atoms with Gasteiger partial charge in [-0.3, -0.25) is 4.79 Å². The molecule has 2 rings (SSSR count). The number of ether oxygens (including phenoxy) is 2. The lowest BCUT2D eigenvalue weighted by Crippen LogP contribution is -2.16. The Balaban J connectivity index is 0.00000364. The second-order valence-corrected chi connectivity index (χ2v) is 7.82. The van der Waals surface area contributed by atoms with Crippen LogP contribution in [0.4, 0.5) is 11.8 Å². The van der Waals surface area contributed by atoms with E-state index in [1.54, 1.807) is 12.1 Å². The molecule has 0 aliphatic rings. The number of carbonyl (C=O) groups is 1. The Labute approximate surface area is 163 Å². The second-order valence-electron chi connectivity index (χ2n) is 5.68. The van der Waals surface area contributed by atoms with Crippen molar-refractivity contribution in [1.29, 1.82) is 0 Å². The van der Waals surface area contributed by atoms with Gasteiger partial charge in [-0.1, -0.05) is 0 Å². The van der Waals surface area contributed by atoms with Gasteiger partial charge in [0.2, 0.25) is 5.95 Å². The van der Waals surface area contributed by atoms with Crippen LogP contribution in [0.15, 0.2) is 18.3 Å². The number of carbonyl (C=O) groups excluding carboxylic acids is 1. The molecule has 0 amide bonds. The first-order chi connectivity index (χ1) is 12.1. The summed E-state index contributed by atoms with van der Waals surface area (Å²) in [7, 11) is -0.725. The van der Waals surface area contributed by atoms with Crippen LogP contribution in [0.5, 0.6) is 11.5 Å². The lowest BCUT2D eigenvalue weighted by Gasteiger charge is -2.15. The van der Waals surface area contributed by atoms with Gasteiger partial charge in [-0.2, -0.15) is 4.98 Å². The maximum Gasteiger partial charge on any atom is 0.221 e. The van der Waals surface area contributed by atoms with Crippen molar-refractivity contribution in [2.45, 2.75) is 6.42 Å². The van der Waals surface area contributed by atoms with Crippen molar-refractivity contribution < 1.29 is 22.7 Å². The second kappa shape index (κ2) is 8.87. The van der Waals surface area contributed by atoms with E-state index in [1.165, 1.54) is 20.4 Å². The molecule has 0 atom stereocenters. The maximum atomic E-state index is 12.4. The Hall–Kier alpha value is -2.59. The minimum Gasteiger partial charge on any atom is -0.496 e. The number of halogens is 1. The molecule has 1 heterocycles. The lowest BCUT2D eigenvalue weighted by atomic mass is 10.0. The van der Waals surface area contributed by atoms with Crippen LogP contribution in [0.25, 0.3) is 0 Å². The first-order valence-electron chi connectivity index (χ1n) is 7.47. The number of benzene rings is 1. The first kappa shape index (κ1) is 22.5. The summed E-state index contributed by atoms with van der Waals surface area (Å²) in [5.41, 5.74) is 12.8. The number of nitrogen functional groups attached to an aromatic ring is 2. The van der Waals surface area contributed by atoms with Crippen molar-refractivity contribution in [2.75, 3.05) is 37.7 Å². The summed E-state index contributed by atoms with van der Waals surface area (Å²) >= 11 is 0. The zero-order valence-electron chi connectivity index (χ0n) is 15.1. The fraction of sp³-hybridized carbons (Fsp3) is 0.312. The van der Waals surface area contributed by atoms with E-state index in [-0.39, 0.29) is 41.2 Å². The number of hydrogen-bond acceptors (Lipinski definition) is 9. The van der Waals surface area contributed by atoms with E-state index in [1.807, 2.05) is 0 Å². The van der Waals surface area contributed by atoms with Crippen LogP contribution in [0, 0.1) is 0 Å². The molecule has 0 aliphatic carbocycles. The largest absolute Gasteiger partial charge is 0.496 e. The first-order valence-corrected chi connectivity index (χ1v) is 9.53. The number of sulfone groups is 1. The predicted molar refractivity (Wildman–Crippen MR) is 104 cm³/mol. The fourth-order valence-corrected chi connectivity index (χ4v) is 3.06. The molecular formula is C16H21ClN4O5S. The minimum atomic E-state index is -3.50. The summed E-state index contributed by atoms with van der Waals surface area (Å²) < 4.78 is 33.4. The van der Waals surface area contributed by atoms with E-state index >= 15 is 0 Å². The topological polar surface area (TPSA) is 147 Å². The van der Waals surface area contributed by atoms with Gasteiger partial charge in [0.15, 0.2) is 15.6 Å². The lowest BCUT2D eigenvalue weighted by molar-refractivity contribution is 0.101. The molecule has 0 saturated heterocycles. The highest BCUT2D eigenvalue weighted by molar-refractivity contribution is 7.91. The zero-order valence-corrected chi connectivity index (χ0v) is 16.7. The maximum absolute atomic E-state index is 12.4. The van der Waals surface area contributed by atoms with Crippen molar-refractivity contribution in [3.05, 3.63) is 35.0 Å². The third-order valence-electron chi connectivity index (χ3n) is 3.55. The van der Waals surface area contributed by atoms with Crippen LogP contribution in [-0.2, 0) is 16.3 Å². The van der Waals surface area contributed by atoms with E-state index in [9.17, 15) is 13.2 Å². The molecule has 148 valence electrons. The smallest absolute Gasteiger partial charge is 0.221 e. The summed E-state index contributed by atoms with van der Waals surface area (Å²) in [6, 6.07) is 3.24. The summed E-state index contributed by atoms with van der Waals surface area (Å²) in [5, 5.41) is 0. The molecule has 4 N–H and O–H groups in total. The van der Waals surface area contributed by atoms with Gasteiger partial charge in [-0.15, -0.1) is 12.4 Å². The van der Waals surface area contributed by atoms with Crippen molar-refractivity contribution in [3.8, 4) is 11.5 Å². The monoisotopic (exact) mass is 416 g/mol. The molecule has 27 heavy (non-hydrogen) atoms. The van der Waals surface area contributed by atoms with E-state index in [0.717, 1.165) is 11.8 Å². The zero-order chi connectivity index (χ0) is 19.5. The van der Waals surface area contributed by atoms with Gasteiger partial charge in [0.25, 0.3) is 0 Å². The van der Waals surface area contributed by atoms with Crippen LogP contribution in [0.3, 0.4) is 0 Å². The number of ketones is 1. The predicted octanol–water partition coefficient (Wildman–Crippen LogP) is 0.898. The van der Waals surface area contributed by atoms with Crippen LogP contribution in [0.2, 0.25) is 0 Å². The number of methoxy groups -OCH3 is 2. The molecule has 0 aliphatic heterocycles. The summed E-state index contributed by atoms with van der Waals surface area (Å²) in [6.07, 6.45) is 2.85. The Kier molecular flexibility index (Phi) is 7.37. The number of anilines is 2. The van der Waals surface area contributed by atoms with Gasteiger partial charge in [0.1, 0.15) is 28.6 Å². The molecule has 2 aromatic rings. The number of nitrogens with zero attached hydrogens (tertiary/aromatic N) is 2. The molecule has 0 radical (unpaired) electrons. The van der Waals surface area contributed by atoms with E-state index in [4.69, 9.17) is 20.9 Å². The number of rotatable bonds is 7. The normalized spacial score (nSPS) is 10.8. The molecule has 1 aromatic carbocycles. The molecular weight excluding hydrogens is 396 g/mol. The number of nitrogens with two attached hydrogens (primary N) is 2. The highest BCUT2D eigenvalue weighted by Crippen LogP contribution is 2.32. The van der Waals surface area contributed by atoms with Crippen LogP contribution in [0.1, 0.15) is 21.5 Å². The quantitative estimate of drug-likeness (QED) is 0.627. The van der Waals surface area contributed by atoms with Gasteiger partial charge >= 0.3 is 0 Å². The van der Waals surface area contributed by atoms with Crippen molar-refractivity contribution >= 4 is 39.8 Å². The molecule has 0 unspecified atom stereocenters. The Morgan fingerprint density at radius 1 is 1.15 bits per heavy atom. The van der Waals surface area contributed by atoms with E-state index < -0.39 is 21.4 Å². The molecule has 0 fully saturated rings. The highest BCUT2D eigenvalue weighted by atomic mass is 35.5. The molecule has 0 bridgehead atoms. The SMILES string of the molecule is COc1cc(Cc2cnc(N)nc2N)cc(OC)c1C(=O)CS(C)(=O)=O.Cl. The third kappa shape index (κ3) is 5.69. The molecule has 11 heteroatoms. The Bertz CT molecular complexity index is 925. The van der Waals surface area contributed by atoms with Gasteiger partial charge in [0, 0.05) is 24.4 Å². The molecule has 9 nitrogen and oxygen atoms in total. The molecule has 1 aromatic heterocycles. The van der Waals surface area contributed by atoms with Crippen molar-refractivity contribution in [3.63, 3.8) is 0 Å². The molecule has 0 spiro atoms. The summed E-state index contributed by atoms with van der Waals surface area (Å²) in [4.78, 5) is 20.2. The van der Waals surface area contributed by atoms with Gasteiger partial charge in [-0.25, -0.2) is 13.4 Å². The Morgan fingerprint density at radius 2 is 1.70 bits per heavy atom. The summed E-state index contributed by atoms with van der Waals surface area (Å²) in [5.74, 6) is -0.512. The highest BCUT2D eigenvalue weighted by Gasteiger charge is 2.23. The minimum absolute atomic E-state index is 0. The number of Topliss-reactive ketones (excluding diaryl/α,β-unsaturated/α-hetero) is 1.